The van der Waals surface area contributed by atoms with Gasteiger partial charge in [0.1, 0.15) is 6.61 Å². The van der Waals surface area contributed by atoms with Crippen molar-refractivity contribution in [2.75, 3.05) is 27.6 Å². The molecule has 2 heterocycles. The summed E-state index contributed by atoms with van der Waals surface area (Å²) in [7, 11) is 2.81. The summed E-state index contributed by atoms with van der Waals surface area (Å²) in [5, 5.41) is 10.1. The van der Waals surface area contributed by atoms with Crippen LogP contribution >= 0.6 is 0 Å². The number of phenols is 1. The van der Waals surface area contributed by atoms with Crippen molar-refractivity contribution in [3.63, 3.8) is 0 Å². The topological polar surface area (TPSA) is 101 Å². The highest BCUT2D eigenvalue weighted by molar-refractivity contribution is 6.09. The van der Waals surface area contributed by atoms with Crippen LogP contribution in [-0.4, -0.2) is 44.5 Å². The third kappa shape index (κ3) is 3.33. The Balaban J connectivity index is 1.69. The quantitative estimate of drug-likeness (QED) is 0.466. The van der Waals surface area contributed by atoms with Crippen molar-refractivity contribution in [1.82, 2.24) is 0 Å². The van der Waals surface area contributed by atoms with E-state index in [0.717, 1.165) is 0 Å². The number of esters is 1. The molecule has 1 atom stereocenters. The van der Waals surface area contributed by atoms with Gasteiger partial charge in [-0.3, -0.25) is 4.79 Å². The number of hydrogen-bond acceptors (Lipinski definition) is 8. The highest BCUT2D eigenvalue weighted by Crippen LogP contribution is 2.39. The molecule has 0 unspecified atom stereocenters. The summed E-state index contributed by atoms with van der Waals surface area (Å²) in [4.78, 5) is 25.3. The number of benzene rings is 2. The number of hydrogen-bond donors (Lipinski definition) is 1. The van der Waals surface area contributed by atoms with Crippen LogP contribution < -0.4 is 18.9 Å². The fourth-order valence-corrected chi connectivity index (χ4v) is 3.28. The summed E-state index contributed by atoms with van der Waals surface area (Å²) in [5.41, 5.74) is 1.13. The Morgan fingerprint density at radius 1 is 1.07 bits per heavy atom. The lowest BCUT2D eigenvalue weighted by Crippen LogP contribution is -2.17. The van der Waals surface area contributed by atoms with Gasteiger partial charge in [0.2, 0.25) is 12.5 Å². The molecule has 0 bridgehead atoms. The zero-order chi connectivity index (χ0) is 20.5. The Labute approximate surface area is 166 Å². The van der Waals surface area contributed by atoms with Crippen LogP contribution in [0.1, 0.15) is 15.9 Å². The first-order valence-corrected chi connectivity index (χ1v) is 8.79. The number of rotatable bonds is 5. The molecule has 0 aromatic heterocycles. The van der Waals surface area contributed by atoms with Gasteiger partial charge >= 0.3 is 5.97 Å². The lowest BCUT2D eigenvalue weighted by Gasteiger charge is -2.11. The maximum atomic E-state index is 13.0. The molecule has 2 aromatic rings. The van der Waals surface area contributed by atoms with Crippen molar-refractivity contribution < 1.29 is 38.4 Å². The van der Waals surface area contributed by atoms with Gasteiger partial charge in [-0.2, -0.15) is 0 Å². The summed E-state index contributed by atoms with van der Waals surface area (Å²) >= 11 is 0. The van der Waals surface area contributed by atoms with Crippen molar-refractivity contribution >= 4 is 17.8 Å². The van der Waals surface area contributed by atoms with Crippen LogP contribution in [0.2, 0.25) is 0 Å². The smallest absolute Gasteiger partial charge is 0.334 e. The van der Waals surface area contributed by atoms with E-state index >= 15 is 0 Å². The monoisotopic (exact) mass is 398 g/mol. The number of phenolic OH excluding ortho intramolecular Hbond substituents is 1. The second-order valence-electron chi connectivity index (χ2n) is 6.46. The molecule has 0 saturated carbocycles. The first-order valence-electron chi connectivity index (χ1n) is 8.79. The molecule has 8 nitrogen and oxygen atoms in total. The van der Waals surface area contributed by atoms with Crippen LogP contribution in [-0.2, 0) is 9.53 Å². The van der Waals surface area contributed by atoms with E-state index in [1.54, 1.807) is 30.3 Å². The van der Waals surface area contributed by atoms with Crippen LogP contribution in [0.15, 0.2) is 35.9 Å². The zero-order valence-electron chi connectivity index (χ0n) is 15.8. The molecule has 2 aromatic carbocycles. The lowest BCUT2D eigenvalue weighted by molar-refractivity contribution is -0.135. The van der Waals surface area contributed by atoms with Crippen LogP contribution in [0.3, 0.4) is 0 Å². The number of carbonyl (C=O) groups is 2. The third-order valence-corrected chi connectivity index (χ3v) is 4.79. The average molecular weight is 398 g/mol. The molecule has 150 valence electrons. The lowest BCUT2D eigenvalue weighted by atomic mass is 9.91. The fourth-order valence-electron chi connectivity index (χ4n) is 3.28. The number of cyclic esters (lactones) is 1. The number of carbonyl (C=O) groups excluding carboxylic acids is 2. The minimum absolute atomic E-state index is 0.0513. The first-order chi connectivity index (χ1) is 14.0. The van der Waals surface area contributed by atoms with Crippen molar-refractivity contribution in [3.05, 3.63) is 47.0 Å². The molecule has 0 amide bonds. The van der Waals surface area contributed by atoms with Crippen LogP contribution in [0.5, 0.6) is 28.7 Å². The zero-order valence-corrected chi connectivity index (χ0v) is 15.8. The number of ketones is 1. The van der Waals surface area contributed by atoms with Gasteiger partial charge in [0.05, 0.1) is 25.7 Å². The molecule has 2 aliphatic rings. The Bertz CT molecular complexity index is 998. The SMILES string of the molecule is COc1cc(/C=C2\C(=O)OC[C@@H]2C(=O)c2ccc3c(c2)OCO3)cc(OC)c1O. The van der Waals surface area contributed by atoms with Gasteiger partial charge in [-0.25, -0.2) is 4.79 Å². The first kappa shape index (κ1) is 18.7. The summed E-state index contributed by atoms with van der Waals surface area (Å²) in [6.07, 6.45) is 1.54. The van der Waals surface area contributed by atoms with Crippen molar-refractivity contribution in [2.45, 2.75) is 0 Å². The molecule has 2 aliphatic heterocycles. The van der Waals surface area contributed by atoms with Crippen LogP contribution in [0.25, 0.3) is 6.08 Å². The molecule has 4 rings (SSSR count). The molecule has 0 aliphatic carbocycles. The average Bonchev–Trinajstić information content (AvgIpc) is 3.34. The minimum atomic E-state index is -0.770. The predicted octanol–water partition coefficient (Wildman–Crippen LogP) is 2.58. The minimum Gasteiger partial charge on any atom is -0.502 e. The van der Waals surface area contributed by atoms with Crippen LogP contribution in [0, 0.1) is 5.92 Å². The predicted molar refractivity (Wildman–Crippen MR) is 101 cm³/mol. The highest BCUT2D eigenvalue weighted by atomic mass is 16.7. The van der Waals surface area contributed by atoms with E-state index in [4.69, 9.17) is 23.7 Å². The van der Waals surface area contributed by atoms with Gasteiger partial charge in [-0.15, -0.1) is 0 Å². The Morgan fingerprint density at radius 2 is 1.76 bits per heavy atom. The molecule has 1 saturated heterocycles. The van der Waals surface area contributed by atoms with E-state index in [0.29, 0.717) is 22.6 Å². The third-order valence-electron chi connectivity index (χ3n) is 4.79. The van der Waals surface area contributed by atoms with E-state index in [1.807, 2.05) is 0 Å². The molecule has 0 spiro atoms. The Kier molecular flexibility index (Phi) is 4.75. The van der Waals surface area contributed by atoms with Crippen molar-refractivity contribution in [1.29, 1.82) is 0 Å². The number of ether oxygens (including phenoxy) is 5. The summed E-state index contributed by atoms with van der Waals surface area (Å²) in [6.45, 7) is 0.0535. The molecule has 1 fully saturated rings. The van der Waals surface area contributed by atoms with Crippen molar-refractivity contribution in [3.8, 4) is 28.7 Å². The van der Waals surface area contributed by atoms with Crippen molar-refractivity contribution in [2.24, 2.45) is 5.92 Å². The van der Waals surface area contributed by atoms with E-state index in [9.17, 15) is 14.7 Å². The van der Waals surface area contributed by atoms with Gasteiger partial charge in [-0.05, 0) is 42.0 Å². The molecular weight excluding hydrogens is 380 g/mol. The molecular formula is C21H18O8. The molecule has 29 heavy (non-hydrogen) atoms. The second kappa shape index (κ2) is 7.38. The number of Topliss-reactive ketones (excluding diaryl/α,β-unsaturated/α-hetero) is 1. The van der Waals surface area contributed by atoms with E-state index in [1.165, 1.54) is 20.3 Å². The standard InChI is InChI=1S/C21H18O8/c1-25-17-6-11(7-18(26-2)20(17)23)5-13-14(9-27-21(13)24)19(22)12-3-4-15-16(8-12)29-10-28-15/h3-8,14,23H,9-10H2,1-2H3/b13-5-/t14-/m0/s1. The van der Waals surface area contributed by atoms with Gasteiger partial charge in [0, 0.05) is 5.56 Å². The molecule has 8 heteroatoms. The van der Waals surface area contributed by atoms with E-state index in [-0.39, 0.29) is 42.0 Å². The Hall–Kier alpha value is -3.68. The normalized spacial score (nSPS) is 18.6. The summed E-state index contributed by atoms with van der Waals surface area (Å²) in [5.74, 6) is -0.345. The van der Waals surface area contributed by atoms with Gasteiger partial charge in [0.15, 0.2) is 28.8 Å². The summed E-state index contributed by atoms with van der Waals surface area (Å²) < 4.78 is 26.0. The van der Waals surface area contributed by atoms with Gasteiger partial charge in [0.25, 0.3) is 0 Å². The Morgan fingerprint density at radius 3 is 2.45 bits per heavy atom. The van der Waals surface area contributed by atoms with E-state index < -0.39 is 11.9 Å². The highest BCUT2D eigenvalue weighted by Gasteiger charge is 2.37. The maximum Gasteiger partial charge on any atom is 0.334 e. The largest absolute Gasteiger partial charge is 0.502 e. The molecule has 1 N–H and O–H groups in total. The van der Waals surface area contributed by atoms with Gasteiger partial charge in [-0.1, -0.05) is 0 Å². The summed E-state index contributed by atoms with van der Waals surface area (Å²) in [6, 6.07) is 7.96. The second-order valence-corrected chi connectivity index (χ2v) is 6.46. The van der Waals surface area contributed by atoms with E-state index in [2.05, 4.69) is 0 Å². The maximum absolute atomic E-state index is 13.0. The molecule has 0 radical (unpaired) electrons. The van der Waals surface area contributed by atoms with Gasteiger partial charge < -0.3 is 28.8 Å². The number of fused-ring (bicyclic) bond motifs is 1. The fraction of sp³-hybridized carbons (Fsp3) is 0.238. The number of methoxy groups -OCH3 is 2. The van der Waals surface area contributed by atoms with Crippen LogP contribution in [0.4, 0.5) is 0 Å². The number of aromatic hydroxyl groups is 1.